The molecule has 0 saturated heterocycles. The lowest BCUT2D eigenvalue weighted by Gasteiger charge is -2.09. The fourth-order valence-electron chi connectivity index (χ4n) is 1.97. The Morgan fingerprint density at radius 1 is 1.19 bits per heavy atom. The molecule has 0 atom stereocenters. The fraction of sp³-hybridized carbons (Fsp3) is 0.294. The van der Waals surface area contributed by atoms with Crippen LogP contribution in [-0.4, -0.2) is 6.54 Å². The van der Waals surface area contributed by atoms with Crippen LogP contribution in [-0.2, 0) is 13.2 Å². The molecule has 112 valence electrons. The molecule has 0 saturated carbocycles. The van der Waals surface area contributed by atoms with Crippen molar-refractivity contribution in [2.45, 2.75) is 26.5 Å². The predicted molar refractivity (Wildman–Crippen MR) is 84.2 cm³/mol. The third-order valence-corrected chi connectivity index (χ3v) is 3.29. The van der Waals surface area contributed by atoms with E-state index in [1.54, 1.807) is 6.07 Å². The monoisotopic (exact) mass is 307 g/mol. The highest BCUT2D eigenvalue weighted by Crippen LogP contribution is 2.19. The van der Waals surface area contributed by atoms with E-state index in [1.165, 1.54) is 12.1 Å². The summed E-state index contributed by atoms with van der Waals surface area (Å²) in [6.45, 7) is 4.08. The minimum Gasteiger partial charge on any atom is -0.489 e. The standard InChI is InChI=1S/C17H19ClFNO/c1-2-8-20-11-13-4-3-5-16(9-13)21-12-14-10-15(18)6-7-17(14)19/h3-7,9-10,20H,2,8,11-12H2,1H3. The summed E-state index contributed by atoms with van der Waals surface area (Å²) in [4.78, 5) is 0. The summed E-state index contributed by atoms with van der Waals surface area (Å²) in [5.74, 6) is 0.422. The molecule has 1 N–H and O–H groups in total. The van der Waals surface area contributed by atoms with E-state index in [0.29, 0.717) is 10.6 Å². The van der Waals surface area contributed by atoms with Crippen LogP contribution in [0.4, 0.5) is 4.39 Å². The fourth-order valence-corrected chi connectivity index (χ4v) is 2.16. The molecule has 0 aliphatic heterocycles. The molecule has 0 radical (unpaired) electrons. The van der Waals surface area contributed by atoms with Crippen molar-refractivity contribution in [2.24, 2.45) is 0 Å². The Kier molecular flexibility index (Phi) is 6.03. The first-order valence-electron chi connectivity index (χ1n) is 7.05. The Hall–Kier alpha value is -1.58. The molecule has 0 spiro atoms. The molecule has 0 aromatic heterocycles. The minimum absolute atomic E-state index is 0.165. The quantitative estimate of drug-likeness (QED) is 0.757. The zero-order valence-corrected chi connectivity index (χ0v) is 12.8. The molecule has 0 fully saturated rings. The number of halogens is 2. The van der Waals surface area contributed by atoms with Crippen LogP contribution in [0.1, 0.15) is 24.5 Å². The Bertz CT molecular complexity index is 589. The van der Waals surface area contributed by atoms with Crippen LogP contribution in [0.15, 0.2) is 42.5 Å². The van der Waals surface area contributed by atoms with E-state index in [0.717, 1.165) is 30.8 Å². The first-order valence-corrected chi connectivity index (χ1v) is 7.43. The highest BCUT2D eigenvalue weighted by molar-refractivity contribution is 6.30. The molecule has 2 rings (SSSR count). The van der Waals surface area contributed by atoms with Crippen LogP contribution < -0.4 is 10.1 Å². The van der Waals surface area contributed by atoms with Gasteiger partial charge in [0.2, 0.25) is 0 Å². The van der Waals surface area contributed by atoms with Gasteiger partial charge in [0.15, 0.2) is 0 Å². The van der Waals surface area contributed by atoms with Crippen LogP contribution in [0.2, 0.25) is 5.02 Å². The Balaban J connectivity index is 1.96. The lowest BCUT2D eigenvalue weighted by atomic mass is 10.2. The summed E-state index contributed by atoms with van der Waals surface area (Å²) in [6.07, 6.45) is 1.10. The van der Waals surface area contributed by atoms with Crippen molar-refractivity contribution in [1.82, 2.24) is 5.32 Å². The molecule has 0 aliphatic carbocycles. The first kappa shape index (κ1) is 15.8. The van der Waals surface area contributed by atoms with Gasteiger partial charge in [0.25, 0.3) is 0 Å². The summed E-state index contributed by atoms with van der Waals surface area (Å²) in [5.41, 5.74) is 1.60. The molecule has 21 heavy (non-hydrogen) atoms. The third-order valence-electron chi connectivity index (χ3n) is 3.06. The Morgan fingerprint density at radius 3 is 2.86 bits per heavy atom. The van der Waals surface area contributed by atoms with Gasteiger partial charge in [-0.3, -0.25) is 0 Å². The number of benzene rings is 2. The van der Waals surface area contributed by atoms with Gasteiger partial charge in [-0.05, 0) is 48.9 Å². The van der Waals surface area contributed by atoms with Crippen molar-refractivity contribution in [2.75, 3.05) is 6.54 Å². The minimum atomic E-state index is -0.305. The molecule has 4 heteroatoms. The van der Waals surface area contributed by atoms with Crippen LogP contribution in [0, 0.1) is 5.82 Å². The summed E-state index contributed by atoms with van der Waals surface area (Å²) < 4.78 is 19.3. The molecule has 0 unspecified atom stereocenters. The second-order valence-electron chi connectivity index (χ2n) is 4.85. The predicted octanol–water partition coefficient (Wildman–Crippen LogP) is 4.56. The van der Waals surface area contributed by atoms with Crippen LogP contribution in [0.3, 0.4) is 0 Å². The van der Waals surface area contributed by atoms with Gasteiger partial charge in [-0.15, -0.1) is 0 Å². The van der Waals surface area contributed by atoms with Gasteiger partial charge in [0.1, 0.15) is 18.2 Å². The molecule has 0 heterocycles. The van der Waals surface area contributed by atoms with Crippen molar-refractivity contribution in [3.8, 4) is 5.75 Å². The van der Waals surface area contributed by atoms with Gasteiger partial charge < -0.3 is 10.1 Å². The molecule has 0 amide bonds. The van der Waals surface area contributed by atoms with E-state index < -0.39 is 0 Å². The van der Waals surface area contributed by atoms with Gasteiger partial charge in [-0.2, -0.15) is 0 Å². The van der Waals surface area contributed by atoms with Crippen molar-refractivity contribution in [3.63, 3.8) is 0 Å². The zero-order valence-electron chi connectivity index (χ0n) is 12.0. The maximum atomic E-state index is 13.6. The lowest BCUT2D eigenvalue weighted by molar-refractivity contribution is 0.299. The van der Waals surface area contributed by atoms with E-state index in [9.17, 15) is 4.39 Å². The Labute approximate surface area is 129 Å². The molecular formula is C17H19ClFNO. The second kappa shape index (κ2) is 8.01. The summed E-state index contributed by atoms with van der Waals surface area (Å²) in [5, 5.41) is 3.84. The van der Waals surface area contributed by atoms with E-state index in [1.807, 2.05) is 24.3 Å². The Morgan fingerprint density at radius 2 is 2.05 bits per heavy atom. The highest BCUT2D eigenvalue weighted by atomic mass is 35.5. The number of nitrogens with one attached hydrogen (secondary N) is 1. The van der Waals surface area contributed by atoms with Crippen molar-refractivity contribution >= 4 is 11.6 Å². The maximum Gasteiger partial charge on any atom is 0.129 e. The molecule has 2 aromatic carbocycles. The van der Waals surface area contributed by atoms with Crippen molar-refractivity contribution < 1.29 is 9.13 Å². The third kappa shape index (κ3) is 5.03. The lowest BCUT2D eigenvalue weighted by Crippen LogP contribution is -2.13. The number of ether oxygens (including phenoxy) is 1. The molecule has 2 aromatic rings. The largest absolute Gasteiger partial charge is 0.489 e. The number of hydrogen-bond acceptors (Lipinski definition) is 2. The van der Waals surface area contributed by atoms with Crippen LogP contribution in [0.25, 0.3) is 0 Å². The van der Waals surface area contributed by atoms with Gasteiger partial charge in [-0.1, -0.05) is 30.7 Å². The second-order valence-corrected chi connectivity index (χ2v) is 5.29. The van der Waals surface area contributed by atoms with E-state index in [2.05, 4.69) is 12.2 Å². The topological polar surface area (TPSA) is 21.3 Å². The normalized spacial score (nSPS) is 10.6. The summed E-state index contributed by atoms with van der Waals surface area (Å²) >= 11 is 5.86. The van der Waals surface area contributed by atoms with Crippen molar-refractivity contribution in [3.05, 3.63) is 64.4 Å². The smallest absolute Gasteiger partial charge is 0.129 e. The molecular weight excluding hydrogens is 289 g/mol. The number of hydrogen-bond donors (Lipinski definition) is 1. The van der Waals surface area contributed by atoms with Gasteiger partial charge in [-0.25, -0.2) is 4.39 Å². The molecule has 0 bridgehead atoms. The van der Waals surface area contributed by atoms with E-state index >= 15 is 0 Å². The highest BCUT2D eigenvalue weighted by Gasteiger charge is 2.04. The molecule has 2 nitrogen and oxygen atoms in total. The summed E-state index contributed by atoms with van der Waals surface area (Å²) in [6, 6.07) is 12.3. The average Bonchev–Trinajstić information content (AvgIpc) is 2.49. The van der Waals surface area contributed by atoms with E-state index in [-0.39, 0.29) is 12.4 Å². The first-order chi connectivity index (χ1) is 10.2. The van der Waals surface area contributed by atoms with Crippen LogP contribution in [0.5, 0.6) is 5.75 Å². The van der Waals surface area contributed by atoms with Crippen molar-refractivity contribution in [1.29, 1.82) is 0 Å². The summed E-state index contributed by atoms with van der Waals surface area (Å²) in [7, 11) is 0. The average molecular weight is 308 g/mol. The maximum absolute atomic E-state index is 13.6. The number of rotatable bonds is 7. The van der Waals surface area contributed by atoms with Gasteiger partial charge >= 0.3 is 0 Å². The zero-order chi connectivity index (χ0) is 15.1. The van der Waals surface area contributed by atoms with Crippen LogP contribution >= 0.6 is 11.6 Å². The van der Waals surface area contributed by atoms with E-state index in [4.69, 9.17) is 16.3 Å². The van der Waals surface area contributed by atoms with Gasteiger partial charge in [0.05, 0.1) is 0 Å². The van der Waals surface area contributed by atoms with Gasteiger partial charge in [0, 0.05) is 17.1 Å². The SMILES string of the molecule is CCCNCc1cccc(OCc2cc(Cl)ccc2F)c1. The molecule has 0 aliphatic rings.